The molecule has 2 N–H and O–H groups in total. The van der Waals surface area contributed by atoms with Gasteiger partial charge in [-0.05, 0) is 77.4 Å². The molecule has 5 rings (SSSR count). The van der Waals surface area contributed by atoms with Gasteiger partial charge in [0.05, 0.1) is 5.02 Å². The van der Waals surface area contributed by atoms with Gasteiger partial charge < -0.3 is 10.6 Å². The van der Waals surface area contributed by atoms with Crippen LogP contribution in [-0.4, -0.2) is 17.6 Å². The molecule has 0 radical (unpaired) electrons. The molecule has 0 unspecified atom stereocenters. The van der Waals surface area contributed by atoms with Crippen LogP contribution in [0.4, 0.5) is 10.1 Å². The Morgan fingerprint density at radius 1 is 0.659 bits per heavy atom. The first-order chi connectivity index (χ1) is 21.4. The SMILES string of the molecule is O=C(Nc1ccc(C(=O)/C=C/c2ccc(-c3ccccc3)cc2)cc1)/C(=C/c1c(F)cccc1Cl)NC(=O)c1ccccc1. The Bertz CT molecular complexity index is 1830. The van der Waals surface area contributed by atoms with Gasteiger partial charge in [0.2, 0.25) is 0 Å². The zero-order valence-electron chi connectivity index (χ0n) is 23.3. The Morgan fingerprint density at radius 3 is 1.95 bits per heavy atom. The topological polar surface area (TPSA) is 75.3 Å². The fourth-order valence-electron chi connectivity index (χ4n) is 4.34. The Kier molecular flexibility index (Phi) is 9.54. The molecule has 5 nitrogen and oxygen atoms in total. The van der Waals surface area contributed by atoms with Crippen LogP contribution >= 0.6 is 11.6 Å². The van der Waals surface area contributed by atoms with Crippen LogP contribution in [0.3, 0.4) is 0 Å². The van der Waals surface area contributed by atoms with Crippen LogP contribution in [0.2, 0.25) is 5.02 Å². The maximum absolute atomic E-state index is 14.5. The molecule has 5 aromatic carbocycles. The van der Waals surface area contributed by atoms with E-state index in [0.717, 1.165) is 16.7 Å². The van der Waals surface area contributed by atoms with Crippen LogP contribution in [0, 0.1) is 5.82 Å². The third-order valence-corrected chi connectivity index (χ3v) is 7.02. The molecule has 216 valence electrons. The van der Waals surface area contributed by atoms with Crippen molar-refractivity contribution in [2.75, 3.05) is 5.32 Å². The van der Waals surface area contributed by atoms with Crippen molar-refractivity contribution in [3.63, 3.8) is 0 Å². The highest BCUT2D eigenvalue weighted by atomic mass is 35.5. The first-order valence-corrected chi connectivity index (χ1v) is 14.1. The normalized spacial score (nSPS) is 11.3. The van der Waals surface area contributed by atoms with Gasteiger partial charge in [0.1, 0.15) is 11.5 Å². The number of benzene rings is 5. The smallest absolute Gasteiger partial charge is 0.272 e. The molecular formula is C37H26ClFN2O3. The maximum atomic E-state index is 14.5. The molecule has 2 amide bonds. The number of rotatable bonds is 9. The molecular weight excluding hydrogens is 575 g/mol. The zero-order chi connectivity index (χ0) is 30.9. The second-order valence-corrected chi connectivity index (χ2v) is 10.1. The van der Waals surface area contributed by atoms with E-state index < -0.39 is 17.6 Å². The summed E-state index contributed by atoms with van der Waals surface area (Å²) in [5.41, 5.74) is 3.92. The van der Waals surface area contributed by atoms with Gasteiger partial charge in [-0.3, -0.25) is 14.4 Å². The third kappa shape index (κ3) is 7.62. The fourth-order valence-corrected chi connectivity index (χ4v) is 4.55. The summed E-state index contributed by atoms with van der Waals surface area (Å²) >= 11 is 6.17. The summed E-state index contributed by atoms with van der Waals surface area (Å²) in [4.78, 5) is 38.9. The van der Waals surface area contributed by atoms with Crippen molar-refractivity contribution in [2.45, 2.75) is 0 Å². The van der Waals surface area contributed by atoms with Crippen molar-refractivity contribution < 1.29 is 18.8 Å². The van der Waals surface area contributed by atoms with Crippen LogP contribution in [0.5, 0.6) is 0 Å². The summed E-state index contributed by atoms with van der Waals surface area (Å²) in [7, 11) is 0. The zero-order valence-corrected chi connectivity index (χ0v) is 24.1. The van der Waals surface area contributed by atoms with Gasteiger partial charge >= 0.3 is 0 Å². The number of hydrogen-bond acceptors (Lipinski definition) is 3. The largest absolute Gasteiger partial charge is 0.321 e. The Labute approximate surface area is 259 Å². The molecule has 44 heavy (non-hydrogen) atoms. The minimum Gasteiger partial charge on any atom is -0.321 e. The highest BCUT2D eigenvalue weighted by molar-refractivity contribution is 6.32. The van der Waals surface area contributed by atoms with Gasteiger partial charge in [-0.15, -0.1) is 0 Å². The van der Waals surface area contributed by atoms with Crippen LogP contribution in [0.25, 0.3) is 23.3 Å². The van der Waals surface area contributed by atoms with Gasteiger partial charge in [0, 0.05) is 22.4 Å². The number of hydrogen-bond donors (Lipinski definition) is 2. The predicted octanol–water partition coefficient (Wildman–Crippen LogP) is 8.45. The van der Waals surface area contributed by atoms with Crippen molar-refractivity contribution in [2.24, 2.45) is 0 Å². The van der Waals surface area contributed by atoms with Gasteiger partial charge in [-0.1, -0.05) is 96.5 Å². The molecule has 0 heterocycles. The van der Waals surface area contributed by atoms with E-state index in [0.29, 0.717) is 16.8 Å². The molecule has 0 bridgehead atoms. The molecule has 0 aliphatic carbocycles. The Balaban J connectivity index is 1.28. The van der Waals surface area contributed by atoms with E-state index in [1.54, 1.807) is 60.7 Å². The van der Waals surface area contributed by atoms with Crippen LogP contribution in [-0.2, 0) is 4.79 Å². The number of anilines is 1. The standard InChI is InChI=1S/C37H26ClFN2O3/c38-32-12-7-13-33(39)31(32)24-34(41-36(43)29-10-5-2-6-11-29)37(44)40-30-21-19-28(20-22-30)35(42)23-16-25-14-17-27(18-15-25)26-8-3-1-4-9-26/h1-24H,(H,40,44)(H,41,43)/b23-16+,34-24-. The van der Waals surface area contributed by atoms with Crippen molar-refractivity contribution >= 4 is 47.0 Å². The lowest BCUT2D eigenvalue weighted by Crippen LogP contribution is -2.30. The molecule has 0 saturated carbocycles. The van der Waals surface area contributed by atoms with E-state index >= 15 is 0 Å². The number of nitrogens with one attached hydrogen (secondary N) is 2. The van der Waals surface area contributed by atoms with E-state index in [2.05, 4.69) is 10.6 Å². The monoisotopic (exact) mass is 600 g/mol. The van der Waals surface area contributed by atoms with Crippen molar-refractivity contribution in [1.29, 1.82) is 0 Å². The Morgan fingerprint density at radius 2 is 1.30 bits per heavy atom. The first-order valence-electron chi connectivity index (χ1n) is 13.7. The molecule has 0 atom stereocenters. The molecule has 5 aromatic rings. The Hall–Kier alpha value is -5.59. The molecule has 0 aliphatic rings. The summed E-state index contributed by atoms with van der Waals surface area (Å²) in [6.07, 6.45) is 4.42. The average molecular weight is 601 g/mol. The maximum Gasteiger partial charge on any atom is 0.272 e. The molecule has 0 aliphatic heterocycles. The van der Waals surface area contributed by atoms with Crippen LogP contribution < -0.4 is 10.6 Å². The van der Waals surface area contributed by atoms with E-state index in [1.807, 2.05) is 54.6 Å². The fraction of sp³-hybridized carbons (Fsp3) is 0. The number of allylic oxidation sites excluding steroid dienone is 1. The summed E-state index contributed by atoms with van der Waals surface area (Å²) in [5, 5.41) is 5.31. The predicted molar refractivity (Wildman–Crippen MR) is 174 cm³/mol. The van der Waals surface area contributed by atoms with E-state index in [1.165, 1.54) is 30.4 Å². The quantitative estimate of drug-likeness (QED) is 0.132. The summed E-state index contributed by atoms with van der Waals surface area (Å²) in [6.45, 7) is 0. The summed E-state index contributed by atoms with van der Waals surface area (Å²) in [6, 6.07) is 36.7. The molecule has 0 saturated heterocycles. The van der Waals surface area contributed by atoms with E-state index in [9.17, 15) is 18.8 Å². The lowest BCUT2D eigenvalue weighted by Gasteiger charge is -2.12. The van der Waals surface area contributed by atoms with Crippen molar-refractivity contribution in [1.82, 2.24) is 5.32 Å². The highest BCUT2D eigenvalue weighted by Gasteiger charge is 2.17. The number of halogens is 2. The van der Waals surface area contributed by atoms with Gasteiger partial charge in [-0.25, -0.2) is 4.39 Å². The summed E-state index contributed by atoms with van der Waals surface area (Å²) in [5.74, 6) is -2.12. The number of carbonyl (C=O) groups excluding carboxylic acids is 3. The lowest BCUT2D eigenvalue weighted by atomic mass is 10.0. The van der Waals surface area contributed by atoms with Crippen LogP contribution in [0.15, 0.2) is 139 Å². The summed E-state index contributed by atoms with van der Waals surface area (Å²) < 4.78 is 14.5. The van der Waals surface area contributed by atoms with Crippen molar-refractivity contribution in [3.8, 4) is 11.1 Å². The van der Waals surface area contributed by atoms with E-state index in [4.69, 9.17) is 11.6 Å². The number of amides is 2. The number of ketones is 1. The van der Waals surface area contributed by atoms with Gasteiger partial charge in [-0.2, -0.15) is 0 Å². The molecule has 7 heteroatoms. The third-order valence-electron chi connectivity index (χ3n) is 6.69. The number of carbonyl (C=O) groups is 3. The molecule has 0 fully saturated rings. The second-order valence-electron chi connectivity index (χ2n) is 9.73. The lowest BCUT2D eigenvalue weighted by molar-refractivity contribution is -0.113. The average Bonchev–Trinajstić information content (AvgIpc) is 3.06. The highest BCUT2D eigenvalue weighted by Crippen LogP contribution is 2.23. The molecule has 0 aromatic heterocycles. The first kappa shape index (κ1) is 29.9. The van der Waals surface area contributed by atoms with E-state index in [-0.39, 0.29) is 22.1 Å². The minimum atomic E-state index is -0.702. The minimum absolute atomic E-state index is 0.0462. The van der Waals surface area contributed by atoms with Crippen LogP contribution in [0.1, 0.15) is 31.8 Å². The second kappa shape index (κ2) is 14.1. The van der Waals surface area contributed by atoms with Gasteiger partial charge in [0.15, 0.2) is 5.78 Å². The van der Waals surface area contributed by atoms with Crippen molar-refractivity contribution in [3.05, 3.63) is 172 Å². The van der Waals surface area contributed by atoms with Gasteiger partial charge in [0.25, 0.3) is 11.8 Å². The molecule has 0 spiro atoms.